The Balaban J connectivity index is 0.000000809. The molecule has 1 aromatic rings. The molecule has 4 nitrogen and oxygen atoms in total. The fraction of sp³-hybridized carbons (Fsp3) is 0.789. The molecule has 134 valence electrons. The Bertz CT molecular complexity index is 309. The molecule has 0 aliphatic carbocycles. The molecule has 0 fully saturated rings. The van der Waals surface area contributed by atoms with Gasteiger partial charge in [0.2, 0.25) is 0 Å². The van der Waals surface area contributed by atoms with E-state index >= 15 is 0 Å². The smallest absolute Gasteiger partial charge is 0.303 e. The van der Waals surface area contributed by atoms with Crippen molar-refractivity contribution in [3.05, 3.63) is 18.7 Å². The van der Waals surface area contributed by atoms with E-state index in [1.54, 1.807) is 18.7 Å². The number of carbonyl (C=O) groups is 1. The van der Waals surface area contributed by atoms with Crippen molar-refractivity contribution >= 4 is 5.97 Å². The van der Waals surface area contributed by atoms with Crippen LogP contribution in [0.25, 0.3) is 0 Å². The van der Waals surface area contributed by atoms with E-state index in [4.69, 9.17) is 5.11 Å². The minimum Gasteiger partial charge on any atom is -0.481 e. The fourth-order valence-corrected chi connectivity index (χ4v) is 2.51. The Hall–Kier alpha value is -1.32. The third-order valence-corrected chi connectivity index (χ3v) is 3.90. The van der Waals surface area contributed by atoms with Gasteiger partial charge in [0.05, 0.1) is 6.33 Å². The number of rotatable bonds is 14. The molecule has 2 N–H and O–H groups in total. The largest absolute Gasteiger partial charge is 0.481 e. The van der Waals surface area contributed by atoms with E-state index in [1.165, 1.54) is 70.6 Å². The van der Waals surface area contributed by atoms with E-state index in [0.29, 0.717) is 6.42 Å². The minimum atomic E-state index is -0.655. The van der Waals surface area contributed by atoms with Crippen LogP contribution in [0.2, 0.25) is 0 Å². The molecule has 1 rings (SSSR count). The number of aromatic amines is 1. The topological polar surface area (TPSA) is 66.0 Å². The normalized spacial score (nSPS) is 10.1. The predicted octanol–water partition coefficient (Wildman–Crippen LogP) is 5.96. The molecule has 0 saturated carbocycles. The van der Waals surface area contributed by atoms with Crippen LogP contribution in [0.3, 0.4) is 0 Å². The van der Waals surface area contributed by atoms with Gasteiger partial charge in [-0.3, -0.25) is 4.79 Å². The van der Waals surface area contributed by atoms with E-state index in [2.05, 4.69) is 16.9 Å². The summed E-state index contributed by atoms with van der Waals surface area (Å²) in [6.07, 6.45) is 22.4. The summed E-state index contributed by atoms with van der Waals surface area (Å²) in [5.74, 6) is -0.655. The summed E-state index contributed by atoms with van der Waals surface area (Å²) in [6, 6.07) is 0. The lowest BCUT2D eigenvalue weighted by Gasteiger charge is -2.02. The number of nitrogens with one attached hydrogen (secondary N) is 1. The van der Waals surface area contributed by atoms with Crippen molar-refractivity contribution < 1.29 is 9.90 Å². The summed E-state index contributed by atoms with van der Waals surface area (Å²) in [4.78, 5) is 16.7. The molecule has 0 bridgehead atoms. The average Bonchev–Trinajstić information content (AvgIpc) is 3.11. The Morgan fingerprint density at radius 1 is 0.870 bits per heavy atom. The summed E-state index contributed by atoms with van der Waals surface area (Å²) in [5, 5.41) is 8.49. The molecule has 0 amide bonds. The van der Waals surface area contributed by atoms with Crippen molar-refractivity contribution in [1.29, 1.82) is 0 Å². The van der Waals surface area contributed by atoms with E-state index in [1.807, 2.05) is 0 Å². The third kappa shape index (κ3) is 20.7. The molecule has 0 aromatic carbocycles. The lowest BCUT2D eigenvalue weighted by atomic mass is 10.0. The van der Waals surface area contributed by atoms with Gasteiger partial charge in [0.25, 0.3) is 0 Å². The minimum absolute atomic E-state index is 0.345. The maximum Gasteiger partial charge on any atom is 0.303 e. The highest BCUT2D eigenvalue weighted by molar-refractivity contribution is 5.66. The summed E-state index contributed by atoms with van der Waals surface area (Å²) in [7, 11) is 0. The molecule has 0 saturated heterocycles. The maximum absolute atomic E-state index is 10.3. The van der Waals surface area contributed by atoms with Crippen LogP contribution in [0, 0.1) is 0 Å². The van der Waals surface area contributed by atoms with Crippen molar-refractivity contribution in [2.24, 2.45) is 0 Å². The van der Waals surface area contributed by atoms with Gasteiger partial charge in [-0.1, -0.05) is 84.0 Å². The molecule has 0 radical (unpaired) electrons. The molecule has 23 heavy (non-hydrogen) atoms. The van der Waals surface area contributed by atoms with Crippen molar-refractivity contribution in [3.8, 4) is 0 Å². The summed E-state index contributed by atoms with van der Waals surface area (Å²) >= 11 is 0. The standard InChI is InChI=1S/C16H32O2.C3H4N2/c1-2-3-4-5-6-7-8-9-10-11-12-13-14-15-16(17)18;1-2-5-3-4-1/h2-15H2,1H3,(H,17,18);1-3H,(H,4,5). The lowest BCUT2D eigenvalue weighted by molar-refractivity contribution is -0.137. The highest BCUT2D eigenvalue weighted by Gasteiger charge is 1.96. The number of hydrogen-bond acceptors (Lipinski definition) is 2. The van der Waals surface area contributed by atoms with Gasteiger partial charge in [0.15, 0.2) is 0 Å². The predicted molar refractivity (Wildman–Crippen MR) is 96.5 cm³/mol. The van der Waals surface area contributed by atoms with Crippen molar-refractivity contribution in [2.45, 2.75) is 96.8 Å². The van der Waals surface area contributed by atoms with Gasteiger partial charge in [0.1, 0.15) is 0 Å². The molecule has 0 aliphatic heterocycles. The highest BCUT2D eigenvalue weighted by atomic mass is 16.4. The van der Waals surface area contributed by atoms with Gasteiger partial charge in [-0.25, -0.2) is 4.98 Å². The molecule has 0 atom stereocenters. The van der Waals surface area contributed by atoms with E-state index in [-0.39, 0.29) is 0 Å². The first-order valence-corrected chi connectivity index (χ1v) is 9.42. The van der Waals surface area contributed by atoms with Gasteiger partial charge < -0.3 is 10.1 Å². The number of carboxylic acids is 1. The van der Waals surface area contributed by atoms with Crippen LogP contribution in [0.5, 0.6) is 0 Å². The van der Waals surface area contributed by atoms with Gasteiger partial charge in [-0.15, -0.1) is 0 Å². The van der Waals surface area contributed by atoms with Gasteiger partial charge >= 0.3 is 5.97 Å². The lowest BCUT2D eigenvalue weighted by Crippen LogP contribution is -1.93. The average molecular weight is 325 g/mol. The monoisotopic (exact) mass is 324 g/mol. The number of carboxylic acid groups (broad SMARTS) is 1. The number of imidazole rings is 1. The number of H-pyrrole nitrogens is 1. The van der Waals surface area contributed by atoms with Crippen LogP contribution < -0.4 is 0 Å². The second-order valence-electron chi connectivity index (χ2n) is 6.15. The zero-order chi connectivity index (χ0) is 17.0. The number of hydrogen-bond donors (Lipinski definition) is 2. The summed E-state index contributed by atoms with van der Waals surface area (Å²) in [5.41, 5.74) is 0. The highest BCUT2D eigenvalue weighted by Crippen LogP contribution is 2.12. The number of nitrogens with zero attached hydrogens (tertiary/aromatic N) is 1. The first kappa shape index (κ1) is 21.7. The first-order chi connectivity index (χ1) is 11.3. The molecule has 1 aromatic heterocycles. The van der Waals surface area contributed by atoms with E-state index in [9.17, 15) is 4.79 Å². The van der Waals surface area contributed by atoms with Gasteiger partial charge in [-0.2, -0.15) is 0 Å². The molecular weight excluding hydrogens is 288 g/mol. The first-order valence-electron chi connectivity index (χ1n) is 9.42. The molecular formula is C19H36N2O2. The number of aliphatic carboxylic acids is 1. The second kappa shape index (κ2) is 18.7. The number of unbranched alkanes of at least 4 members (excludes halogenated alkanes) is 12. The van der Waals surface area contributed by atoms with Crippen LogP contribution in [0.15, 0.2) is 18.7 Å². The third-order valence-electron chi connectivity index (χ3n) is 3.90. The van der Waals surface area contributed by atoms with Crippen LogP contribution in [-0.4, -0.2) is 21.0 Å². The Labute approximate surface area is 142 Å². The summed E-state index contributed by atoms with van der Waals surface area (Å²) in [6.45, 7) is 2.26. The van der Waals surface area contributed by atoms with Crippen molar-refractivity contribution in [1.82, 2.24) is 9.97 Å². The van der Waals surface area contributed by atoms with Crippen molar-refractivity contribution in [2.75, 3.05) is 0 Å². The zero-order valence-electron chi connectivity index (χ0n) is 14.9. The van der Waals surface area contributed by atoms with E-state index in [0.717, 1.165) is 12.8 Å². The SMILES string of the molecule is CCCCCCCCCCCCCCCC(=O)O.c1c[nH]cn1. The Morgan fingerprint density at radius 3 is 1.65 bits per heavy atom. The van der Waals surface area contributed by atoms with Crippen LogP contribution in [0.1, 0.15) is 96.8 Å². The number of aromatic nitrogens is 2. The van der Waals surface area contributed by atoms with Gasteiger partial charge in [0, 0.05) is 18.8 Å². The second-order valence-corrected chi connectivity index (χ2v) is 6.15. The molecule has 0 unspecified atom stereocenters. The molecule has 0 spiro atoms. The molecule has 0 aliphatic rings. The van der Waals surface area contributed by atoms with E-state index < -0.39 is 5.97 Å². The Morgan fingerprint density at radius 2 is 1.35 bits per heavy atom. The van der Waals surface area contributed by atoms with Crippen LogP contribution >= 0.6 is 0 Å². The Kier molecular flexibility index (Phi) is 17.7. The summed E-state index contributed by atoms with van der Waals surface area (Å²) < 4.78 is 0. The van der Waals surface area contributed by atoms with Crippen LogP contribution in [-0.2, 0) is 4.79 Å². The fourth-order valence-electron chi connectivity index (χ4n) is 2.51. The maximum atomic E-state index is 10.3. The molecule has 1 heterocycles. The quantitative estimate of drug-likeness (QED) is 0.415. The zero-order valence-corrected chi connectivity index (χ0v) is 14.9. The van der Waals surface area contributed by atoms with Crippen molar-refractivity contribution in [3.63, 3.8) is 0 Å². The molecule has 4 heteroatoms. The van der Waals surface area contributed by atoms with Gasteiger partial charge in [-0.05, 0) is 6.42 Å². The van der Waals surface area contributed by atoms with Crippen LogP contribution in [0.4, 0.5) is 0 Å².